The number of rotatable bonds is 4. The Labute approximate surface area is 100 Å². The number of aliphatic hydroxyl groups excluding tert-OH is 1. The molecule has 0 fully saturated rings. The van der Waals surface area contributed by atoms with Crippen LogP contribution in [0.2, 0.25) is 5.15 Å². The van der Waals surface area contributed by atoms with Crippen molar-refractivity contribution in [3.8, 4) is 0 Å². The van der Waals surface area contributed by atoms with Gasteiger partial charge in [-0.3, -0.25) is 4.79 Å². The van der Waals surface area contributed by atoms with Crippen LogP contribution in [0.25, 0.3) is 0 Å². The van der Waals surface area contributed by atoms with E-state index in [1.807, 2.05) is 6.92 Å². The molecule has 1 amide bonds. The summed E-state index contributed by atoms with van der Waals surface area (Å²) in [6, 6.07) is 1.42. The summed E-state index contributed by atoms with van der Waals surface area (Å²) in [5.41, 5.74) is 7.02. The number of hydrogen-bond acceptors (Lipinski definition) is 4. The van der Waals surface area contributed by atoms with Gasteiger partial charge in [-0.2, -0.15) is 0 Å². The fourth-order valence-corrected chi connectivity index (χ4v) is 1.51. The predicted molar refractivity (Wildman–Crippen MR) is 64.6 cm³/mol. The van der Waals surface area contributed by atoms with Crippen molar-refractivity contribution >= 4 is 23.2 Å². The lowest BCUT2D eigenvalue weighted by molar-refractivity contribution is 0.0945. The van der Waals surface area contributed by atoms with Crippen LogP contribution in [-0.4, -0.2) is 29.1 Å². The minimum atomic E-state index is -0.356. The fourth-order valence-electron chi connectivity index (χ4n) is 1.30. The van der Waals surface area contributed by atoms with Gasteiger partial charge in [0, 0.05) is 7.97 Å². The van der Waals surface area contributed by atoms with Gasteiger partial charge in [-0.1, -0.05) is 18.5 Å². The molecule has 1 rings (SSSR count). The number of amides is 1. The smallest absolute Gasteiger partial charge is 0.253 e. The Kier molecular flexibility index (Phi) is 4.52. The summed E-state index contributed by atoms with van der Waals surface area (Å²) in [4.78, 5) is 15.7. The number of nitrogens with zero attached hydrogens (tertiary/aromatic N) is 1. The number of carbonyl (C=O) groups is 1. The van der Waals surface area contributed by atoms with Crippen molar-refractivity contribution in [1.29, 1.82) is 0 Å². The molecule has 16 heavy (non-hydrogen) atoms. The van der Waals surface area contributed by atoms with Gasteiger partial charge in [0.1, 0.15) is 5.15 Å². The molecule has 0 aromatic carbocycles. The second-order valence-corrected chi connectivity index (χ2v) is 3.57. The summed E-state index contributed by atoms with van der Waals surface area (Å²) >= 11 is 5.78. The standard InChI is InChI=1S/C10H14ClN3O2.H2/c1-2-7-9(12)6(5-8(11)14-7)10(16)13-3-4-15;/h5,15H,2-4,12H2,1H3,(H,13,16);1H. The third-order valence-corrected chi connectivity index (χ3v) is 2.28. The van der Waals surface area contributed by atoms with Crippen molar-refractivity contribution in [2.45, 2.75) is 13.3 Å². The minimum Gasteiger partial charge on any atom is -0.397 e. The topological polar surface area (TPSA) is 88.2 Å². The highest BCUT2D eigenvalue weighted by Crippen LogP contribution is 2.20. The number of aromatic nitrogens is 1. The first-order chi connectivity index (χ1) is 7.60. The highest BCUT2D eigenvalue weighted by atomic mass is 35.5. The Morgan fingerprint density at radius 2 is 2.44 bits per heavy atom. The lowest BCUT2D eigenvalue weighted by Crippen LogP contribution is -2.27. The van der Waals surface area contributed by atoms with Gasteiger partial charge in [-0.25, -0.2) is 4.98 Å². The molecule has 0 unspecified atom stereocenters. The number of aryl methyl sites for hydroxylation is 1. The first kappa shape index (κ1) is 12.7. The molecule has 0 radical (unpaired) electrons. The quantitative estimate of drug-likeness (QED) is 0.686. The Hall–Kier alpha value is -1.33. The van der Waals surface area contributed by atoms with Crippen molar-refractivity contribution in [3.63, 3.8) is 0 Å². The van der Waals surface area contributed by atoms with Crippen LogP contribution in [0.1, 0.15) is 24.4 Å². The first-order valence-corrected chi connectivity index (χ1v) is 5.31. The zero-order valence-corrected chi connectivity index (χ0v) is 9.71. The molecule has 0 aliphatic rings. The summed E-state index contributed by atoms with van der Waals surface area (Å²) in [7, 11) is 0. The van der Waals surface area contributed by atoms with E-state index in [-0.39, 0.29) is 25.6 Å². The molecule has 1 heterocycles. The van der Waals surface area contributed by atoms with Gasteiger partial charge in [-0.15, -0.1) is 0 Å². The lowest BCUT2D eigenvalue weighted by Gasteiger charge is -2.09. The highest BCUT2D eigenvalue weighted by Gasteiger charge is 2.14. The molecule has 0 saturated carbocycles. The van der Waals surface area contributed by atoms with Crippen LogP contribution in [0.3, 0.4) is 0 Å². The Balaban J connectivity index is 0.00000256. The molecule has 6 heteroatoms. The van der Waals surface area contributed by atoms with E-state index >= 15 is 0 Å². The molecular formula is C10H16ClN3O2. The SMILES string of the molecule is CCc1nc(Cl)cc(C(=O)NCCO)c1N.[HH]. The number of nitrogen functional groups attached to an aromatic ring is 1. The zero-order valence-electron chi connectivity index (χ0n) is 8.96. The van der Waals surface area contributed by atoms with Gasteiger partial charge in [0.05, 0.1) is 23.6 Å². The molecule has 0 spiro atoms. The maximum absolute atomic E-state index is 11.7. The van der Waals surface area contributed by atoms with E-state index < -0.39 is 0 Å². The predicted octanol–water partition coefficient (Wildman–Crippen LogP) is 0.848. The summed E-state index contributed by atoms with van der Waals surface area (Å²) in [6.45, 7) is 1.94. The summed E-state index contributed by atoms with van der Waals surface area (Å²) in [6.07, 6.45) is 0.604. The number of pyridine rings is 1. The van der Waals surface area contributed by atoms with Crippen LogP contribution in [0.5, 0.6) is 0 Å². The zero-order chi connectivity index (χ0) is 12.1. The third kappa shape index (κ3) is 2.84. The van der Waals surface area contributed by atoms with E-state index in [2.05, 4.69) is 10.3 Å². The molecular weight excluding hydrogens is 230 g/mol. The molecule has 0 saturated heterocycles. The van der Waals surface area contributed by atoms with Gasteiger partial charge in [0.15, 0.2) is 0 Å². The average molecular weight is 246 g/mol. The van der Waals surface area contributed by atoms with Crippen LogP contribution >= 0.6 is 11.6 Å². The van der Waals surface area contributed by atoms with E-state index in [1.54, 1.807) is 0 Å². The molecule has 0 aliphatic heterocycles. The number of anilines is 1. The molecule has 0 atom stereocenters. The van der Waals surface area contributed by atoms with Gasteiger partial charge in [0.2, 0.25) is 0 Å². The van der Waals surface area contributed by atoms with Gasteiger partial charge in [0.25, 0.3) is 5.91 Å². The number of carbonyl (C=O) groups excluding carboxylic acids is 1. The minimum absolute atomic E-state index is 0. The summed E-state index contributed by atoms with van der Waals surface area (Å²) in [5, 5.41) is 11.4. The summed E-state index contributed by atoms with van der Waals surface area (Å²) < 4.78 is 0. The molecule has 90 valence electrons. The van der Waals surface area contributed by atoms with Crippen LogP contribution in [0, 0.1) is 0 Å². The monoisotopic (exact) mass is 245 g/mol. The highest BCUT2D eigenvalue weighted by molar-refractivity contribution is 6.30. The Morgan fingerprint density at radius 1 is 1.75 bits per heavy atom. The number of nitrogens with two attached hydrogens (primary N) is 1. The number of nitrogens with one attached hydrogen (secondary N) is 1. The molecule has 4 N–H and O–H groups in total. The molecule has 0 aliphatic carbocycles. The van der Waals surface area contributed by atoms with Gasteiger partial charge < -0.3 is 16.2 Å². The number of hydrogen-bond donors (Lipinski definition) is 3. The van der Waals surface area contributed by atoms with Gasteiger partial charge >= 0.3 is 0 Å². The van der Waals surface area contributed by atoms with Crippen molar-refractivity contribution in [2.75, 3.05) is 18.9 Å². The van der Waals surface area contributed by atoms with Crippen LogP contribution < -0.4 is 11.1 Å². The lowest BCUT2D eigenvalue weighted by atomic mass is 10.1. The van der Waals surface area contributed by atoms with Gasteiger partial charge in [-0.05, 0) is 12.5 Å². The number of halogens is 1. The number of aliphatic hydroxyl groups is 1. The van der Waals surface area contributed by atoms with E-state index in [0.29, 0.717) is 23.4 Å². The van der Waals surface area contributed by atoms with Crippen molar-refractivity contribution in [3.05, 3.63) is 22.5 Å². The molecule has 5 nitrogen and oxygen atoms in total. The molecule has 1 aromatic heterocycles. The Morgan fingerprint density at radius 3 is 3.00 bits per heavy atom. The second kappa shape index (κ2) is 5.67. The van der Waals surface area contributed by atoms with E-state index in [0.717, 1.165) is 0 Å². The molecule has 0 bridgehead atoms. The summed E-state index contributed by atoms with van der Waals surface area (Å²) in [5.74, 6) is -0.356. The maximum Gasteiger partial charge on any atom is 0.253 e. The van der Waals surface area contributed by atoms with E-state index in [4.69, 9.17) is 22.4 Å². The van der Waals surface area contributed by atoms with E-state index in [9.17, 15) is 4.79 Å². The second-order valence-electron chi connectivity index (χ2n) is 3.19. The third-order valence-electron chi connectivity index (χ3n) is 2.08. The first-order valence-electron chi connectivity index (χ1n) is 4.94. The van der Waals surface area contributed by atoms with Crippen LogP contribution in [-0.2, 0) is 6.42 Å². The van der Waals surface area contributed by atoms with Crippen LogP contribution in [0.15, 0.2) is 6.07 Å². The fraction of sp³-hybridized carbons (Fsp3) is 0.400. The van der Waals surface area contributed by atoms with Crippen molar-refractivity contribution in [2.24, 2.45) is 0 Å². The van der Waals surface area contributed by atoms with Crippen molar-refractivity contribution in [1.82, 2.24) is 10.3 Å². The molecule has 1 aromatic rings. The normalized spacial score (nSPS) is 10.2. The Bertz CT molecular complexity index is 401. The van der Waals surface area contributed by atoms with E-state index in [1.165, 1.54) is 6.07 Å². The van der Waals surface area contributed by atoms with Crippen LogP contribution in [0.4, 0.5) is 5.69 Å². The average Bonchev–Trinajstić information content (AvgIpc) is 2.28. The van der Waals surface area contributed by atoms with Crippen molar-refractivity contribution < 1.29 is 11.3 Å². The maximum atomic E-state index is 11.7. The largest absolute Gasteiger partial charge is 0.397 e.